The Balaban J connectivity index is 1.54. The number of ketones is 1. The fourth-order valence-electron chi connectivity index (χ4n) is 3.80. The van der Waals surface area contributed by atoms with Gasteiger partial charge in [-0.05, 0) is 59.5 Å². The first-order valence-corrected chi connectivity index (χ1v) is 10.8. The molecule has 35 heavy (non-hydrogen) atoms. The second-order valence-corrected chi connectivity index (χ2v) is 7.90. The molecule has 0 saturated heterocycles. The van der Waals surface area contributed by atoms with Crippen LogP contribution in [0.2, 0.25) is 0 Å². The summed E-state index contributed by atoms with van der Waals surface area (Å²) in [4.78, 5) is 47.7. The van der Waals surface area contributed by atoms with Crippen molar-refractivity contribution in [2.75, 3.05) is 0 Å². The lowest BCUT2D eigenvalue weighted by Crippen LogP contribution is -2.46. The topological polar surface area (TPSA) is 95.7 Å². The van der Waals surface area contributed by atoms with E-state index < -0.39 is 16.9 Å². The Hall–Kier alpha value is -4.91. The van der Waals surface area contributed by atoms with Gasteiger partial charge < -0.3 is 9.97 Å². The number of pyridine rings is 1. The number of carbonyl (C=O) groups excluding carboxylic acids is 1. The molecule has 2 aromatic heterocycles. The minimum Gasteiger partial charge on any atom is -0.316 e. The van der Waals surface area contributed by atoms with Crippen molar-refractivity contribution in [2.24, 2.45) is 0 Å². The van der Waals surface area contributed by atoms with Gasteiger partial charge in [0.25, 0.3) is 11.1 Å². The van der Waals surface area contributed by atoms with Gasteiger partial charge in [-0.15, -0.1) is 0 Å². The predicted octanol–water partition coefficient (Wildman–Crippen LogP) is 2.64. The van der Waals surface area contributed by atoms with Crippen molar-refractivity contribution in [1.82, 2.24) is 15.0 Å². The Morgan fingerprint density at radius 1 is 0.771 bits per heavy atom. The highest BCUT2D eigenvalue weighted by atomic mass is 19.1. The molecule has 0 aliphatic heterocycles. The second-order valence-electron chi connectivity index (χ2n) is 7.90. The molecule has 0 amide bonds. The first kappa shape index (κ1) is 21.9. The van der Waals surface area contributed by atoms with E-state index in [-0.39, 0.29) is 16.5 Å². The van der Waals surface area contributed by atoms with Gasteiger partial charge in [-0.3, -0.25) is 19.4 Å². The number of rotatable bonds is 4. The molecule has 0 spiro atoms. The summed E-state index contributed by atoms with van der Waals surface area (Å²) in [5.41, 5.74) is 0.850. The number of hydrogen-bond acceptors (Lipinski definition) is 4. The first-order chi connectivity index (χ1) is 17.0. The lowest BCUT2D eigenvalue weighted by atomic mass is 10.0. The summed E-state index contributed by atoms with van der Waals surface area (Å²) in [5.74, 6) is -0.709. The zero-order chi connectivity index (χ0) is 24.4. The summed E-state index contributed by atoms with van der Waals surface area (Å²) in [6.07, 6.45) is 4.67. The minimum absolute atomic E-state index is 0.0458. The van der Waals surface area contributed by atoms with Gasteiger partial charge in [-0.2, -0.15) is 0 Å². The number of aromatic amines is 2. The summed E-state index contributed by atoms with van der Waals surface area (Å²) in [6, 6.07) is 21.4. The van der Waals surface area contributed by atoms with E-state index in [0.717, 1.165) is 10.8 Å². The molecule has 6 nitrogen and oxygen atoms in total. The first-order valence-electron chi connectivity index (χ1n) is 10.8. The molecule has 170 valence electrons. The van der Waals surface area contributed by atoms with E-state index >= 15 is 0 Å². The Labute approximate surface area is 197 Å². The quantitative estimate of drug-likeness (QED) is 0.401. The van der Waals surface area contributed by atoms with E-state index in [4.69, 9.17) is 0 Å². The van der Waals surface area contributed by atoms with E-state index in [1.165, 1.54) is 36.4 Å². The second kappa shape index (κ2) is 9.15. The average Bonchev–Trinajstić information content (AvgIpc) is 2.87. The third-order valence-corrected chi connectivity index (χ3v) is 5.54. The van der Waals surface area contributed by atoms with Crippen LogP contribution < -0.4 is 21.8 Å². The largest absolute Gasteiger partial charge is 0.316 e. The van der Waals surface area contributed by atoms with Crippen LogP contribution in [0.15, 0.2) is 94.6 Å². The van der Waals surface area contributed by atoms with Gasteiger partial charge in [0.05, 0.1) is 5.69 Å². The lowest BCUT2D eigenvalue weighted by molar-refractivity contribution is 0.103. The molecular formula is C28H18FN3O3. The number of fused-ring (bicyclic) bond motifs is 1. The molecule has 0 bridgehead atoms. The summed E-state index contributed by atoms with van der Waals surface area (Å²) in [5, 5.41) is 1.95. The predicted molar refractivity (Wildman–Crippen MR) is 132 cm³/mol. The van der Waals surface area contributed by atoms with Gasteiger partial charge in [0.2, 0.25) is 0 Å². The van der Waals surface area contributed by atoms with Gasteiger partial charge >= 0.3 is 0 Å². The van der Waals surface area contributed by atoms with Crippen molar-refractivity contribution in [2.45, 2.75) is 0 Å². The van der Waals surface area contributed by atoms with E-state index in [9.17, 15) is 18.8 Å². The normalized spacial score (nSPS) is 12.3. The Morgan fingerprint density at radius 3 is 2.26 bits per heavy atom. The van der Waals surface area contributed by atoms with Crippen molar-refractivity contribution < 1.29 is 9.18 Å². The molecule has 0 aliphatic rings. The molecule has 7 heteroatoms. The number of aromatic nitrogens is 3. The lowest BCUT2D eigenvalue weighted by Gasteiger charge is -2.03. The zero-order valence-corrected chi connectivity index (χ0v) is 18.3. The molecule has 0 fully saturated rings. The van der Waals surface area contributed by atoms with Gasteiger partial charge in [0.15, 0.2) is 5.78 Å². The van der Waals surface area contributed by atoms with Crippen molar-refractivity contribution in [3.8, 4) is 0 Å². The molecule has 0 unspecified atom stereocenters. The van der Waals surface area contributed by atoms with E-state index in [1.54, 1.807) is 30.5 Å². The van der Waals surface area contributed by atoms with Crippen molar-refractivity contribution in [3.05, 3.63) is 145 Å². The van der Waals surface area contributed by atoms with Crippen LogP contribution in [-0.2, 0) is 0 Å². The SMILES string of the molecule is O=C(c1ccc(F)cc1)c1cccc(C=c2[nH]c(=O)c(=Cc3nccc4ccccc34)[nH]c2=O)c1. The van der Waals surface area contributed by atoms with Crippen LogP contribution in [0, 0.1) is 5.82 Å². The number of nitrogens with zero attached hydrogens (tertiary/aromatic N) is 1. The minimum atomic E-state index is -0.494. The monoisotopic (exact) mass is 463 g/mol. The van der Waals surface area contributed by atoms with Gasteiger partial charge in [0, 0.05) is 22.7 Å². The van der Waals surface area contributed by atoms with Crippen LogP contribution in [0.3, 0.4) is 0 Å². The van der Waals surface area contributed by atoms with Crippen molar-refractivity contribution in [3.63, 3.8) is 0 Å². The maximum Gasteiger partial charge on any atom is 0.272 e. The standard InChI is InChI=1S/C28H18FN3O3/c29-21-10-8-19(9-11-21)26(33)20-6-3-4-17(14-20)15-24-27(34)32-25(28(35)31-24)16-23-22-7-2-1-5-18(22)12-13-30-23/h1-16H,(H,31,35)(H,32,34). The van der Waals surface area contributed by atoms with E-state index in [2.05, 4.69) is 15.0 Å². The van der Waals surface area contributed by atoms with Crippen molar-refractivity contribution in [1.29, 1.82) is 0 Å². The van der Waals surface area contributed by atoms with Gasteiger partial charge in [0.1, 0.15) is 16.5 Å². The molecule has 2 heterocycles. The van der Waals surface area contributed by atoms with Crippen LogP contribution in [-0.4, -0.2) is 20.7 Å². The molecule has 0 saturated carbocycles. The molecule has 5 aromatic rings. The molecule has 5 rings (SSSR count). The highest BCUT2D eigenvalue weighted by Gasteiger charge is 2.09. The number of hydrogen-bond donors (Lipinski definition) is 2. The third kappa shape index (κ3) is 4.60. The summed E-state index contributed by atoms with van der Waals surface area (Å²) < 4.78 is 13.2. The molecule has 0 radical (unpaired) electrons. The summed E-state index contributed by atoms with van der Waals surface area (Å²) in [6.45, 7) is 0. The van der Waals surface area contributed by atoms with Crippen molar-refractivity contribution >= 4 is 28.7 Å². The van der Waals surface area contributed by atoms with Gasteiger partial charge in [-0.25, -0.2) is 4.39 Å². The molecule has 2 N–H and O–H groups in total. The highest BCUT2D eigenvalue weighted by molar-refractivity contribution is 6.09. The van der Waals surface area contributed by atoms with E-state index in [1.807, 2.05) is 30.3 Å². The number of halogens is 1. The Kier molecular flexibility index (Phi) is 5.73. The van der Waals surface area contributed by atoms with Crippen LogP contribution in [0.4, 0.5) is 4.39 Å². The summed E-state index contributed by atoms with van der Waals surface area (Å²) >= 11 is 0. The van der Waals surface area contributed by atoms with Crippen LogP contribution in [0.1, 0.15) is 27.2 Å². The molecule has 0 atom stereocenters. The third-order valence-electron chi connectivity index (χ3n) is 5.54. The summed E-state index contributed by atoms with van der Waals surface area (Å²) in [7, 11) is 0. The van der Waals surface area contributed by atoms with Gasteiger partial charge in [-0.1, -0.05) is 42.5 Å². The fourth-order valence-corrected chi connectivity index (χ4v) is 3.80. The molecular weight excluding hydrogens is 445 g/mol. The number of benzene rings is 3. The zero-order valence-electron chi connectivity index (χ0n) is 18.3. The maximum atomic E-state index is 13.2. The highest BCUT2D eigenvalue weighted by Crippen LogP contribution is 2.16. The fraction of sp³-hybridized carbons (Fsp3) is 0. The Morgan fingerprint density at radius 2 is 1.49 bits per heavy atom. The number of H-pyrrole nitrogens is 2. The van der Waals surface area contributed by atoms with Crippen LogP contribution in [0.5, 0.6) is 0 Å². The Bertz CT molecular complexity index is 1810. The molecule has 3 aromatic carbocycles. The van der Waals surface area contributed by atoms with E-state index in [0.29, 0.717) is 22.4 Å². The maximum absolute atomic E-state index is 13.2. The van der Waals surface area contributed by atoms with Crippen LogP contribution >= 0.6 is 0 Å². The molecule has 0 aliphatic carbocycles. The average molecular weight is 463 g/mol. The van der Waals surface area contributed by atoms with Crippen LogP contribution in [0.25, 0.3) is 22.9 Å². The number of carbonyl (C=O) groups is 1. The number of nitrogens with one attached hydrogen (secondary N) is 2. The smallest absolute Gasteiger partial charge is 0.272 e.